The van der Waals surface area contributed by atoms with Crippen LogP contribution in [0.4, 0.5) is 13.2 Å². The highest BCUT2D eigenvalue weighted by atomic mass is 127. The van der Waals surface area contributed by atoms with E-state index >= 15 is 0 Å². The highest BCUT2D eigenvalue weighted by Gasteiger charge is 2.34. The SMILES string of the molecule is FC(F)(F)c1nc2cc(Cl)c(I)cc2[nH]1. The lowest BCUT2D eigenvalue weighted by Gasteiger charge is -1.98. The summed E-state index contributed by atoms with van der Waals surface area (Å²) in [6, 6.07) is 2.94. The molecule has 0 atom stereocenters. The Hall–Kier alpha value is -0.500. The molecule has 1 heterocycles. The van der Waals surface area contributed by atoms with Crippen molar-refractivity contribution in [2.75, 3.05) is 0 Å². The third kappa shape index (κ3) is 2.05. The lowest BCUT2D eigenvalue weighted by molar-refractivity contribution is -0.144. The van der Waals surface area contributed by atoms with Crippen LogP contribution in [-0.4, -0.2) is 9.97 Å². The second kappa shape index (κ2) is 3.51. The van der Waals surface area contributed by atoms with Gasteiger partial charge in [-0.15, -0.1) is 0 Å². The van der Waals surface area contributed by atoms with E-state index in [9.17, 15) is 13.2 Å². The predicted octanol–water partition coefficient (Wildman–Crippen LogP) is 3.84. The fourth-order valence-electron chi connectivity index (χ4n) is 1.14. The topological polar surface area (TPSA) is 28.7 Å². The van der Waals surface area contributed by atoms with Crippen LogP contribution in [0, 0.1) is 3.57 Å². The monoisotopic (exact) mass is 346 g/mol. The van der Waals surface area contributed by atoms with Gasteiger partial charge < -0.3 is 4.98 Å². The Bertz CT molecular complexity index is 481. The fraction of sp³-hybridized carbons (Fsp3) is 0.125. The van der Waals surface area contributed by atoms with E-state index in [2.05, 4.69) is 9.97 Å². The van der Waals surface area contributed by atoms with Crippen LogP contribution in [0.15, 0.2) is 12.1 Å². The van der Waals surface area contributed by atoms with Gasteiger partial charge in [-0.3, -0.25) is 0 Å². The first-order valence-corrected chi connectivity index (χ1v) is 5.25. The van der Waals surface area contributed by atoms with Crippen molar-refractivity contribution in [1.82, 2.24) is 9.97 Å². The summed E-state index contributed by atoms with van der Waals surface area (Å²) in [7, 11) is 0. The Labute approximate surface area is 101 Å². The number of alkyl halides is 3. The van der Waals surface area contributed by atoms with E-state index in [1.165, 1.54) is 12.1 Å². The van der Waals surface area contributed by atoms with Crippen molar-refractivity contribution < 1.29 is 13.2 Å². The molecule has 0 amide bonds. The minimum Gasteiger partial charge on any atom is -0.334 e. The molecule has 0 radical (unpaired) electrons. The van der Waals surface area contributed by atoms with Gasteiger partial charge in [-0.2, -0.15) is 13.2 Å². The van der Waals surface area contributed by atoms with Gasteiger partial charge >= 0.3 is 6.18 Å². The lowest BCUT2D eigenvalue weighted by Crippen LogP contribution is -2.06. The molecule has 0 fully saturated rings. The van der Waals surface area contributed by atoms with Crippen LogP contribution in [0.5, 0.6) is 0 Å². The summed E-state index contributed by atoms with van der Waals surface area (Å²) in [6.07, 6.45) is -4.46. The van der Waals surface area contributed by atoms with Gasteiger partial charge in [0.2, 0.25) is 5.82 Å². The maximum atomic E-state index is 12.3. The number of benzene rings is 1. The Morgan fingerprint density at radius 1 is 1.33 bits per heavy atom. The van der Waals surface area contributed by atoms with Crippen molar-refractivity contribution >= 4 is 45.2 Å². The molecule has 80 valence electrons. The van der Waals surface area contributed by atoms with E-state index in [0.717, 1.165) is 0 Å². The number of aromatic amines is 1. The number of nitrogens with zero attached hydrogens (tertiary/aromatic N) is 1. The van der Waals surface area contributed by atoms with E-state index in [4.69, 9.17) is 11.6 Å². The summed E-state index contributed by atoms with van der Waals surface area (Å²) in [5.41, 5.74) is 0.545. The number of H-pyrrole nitrogens is 1. The molecule has 0 spiro atoms. The maximum Gasteiger partial charge on any atom is 0.449 e. The van der Waals surface area contributed by atoms with Crippen molar-refractivity contribution in [3.8, 4) is 0 Å². The molecular weight excluding hydrogens is 343 g/mol. The first-order chi connectivity index (χ1) is 6.88. The molecule has 0 aliphatic heterocycles. The summed E-state index contributed by atoms with van der Waals surface area (Å²) in [5, 5.41) is 0.392. The Kier molecular flexibility index (Phi) is 2.58. The molecule has 1 aromatic carbocycles. The molecule has 2 aromatic rings. The van der Waals surface area contributed by atoms with Crippen LogP contribution < -0.4 is 0 Å². The molecule has 15 heavy (non-hydrogen) atoms. The highest BCUT2D eigenvalue weighted by Crippen LogP contribution is 2.30. The van der Waals surface area contributed by atoms with Gasteiger partial charge in [0.15, 0.2) is 0 Å². The molecular formula is C8H3ClF3IN2. The summed E-state index contributed by atoms with van der Waals surface area (Å²) in [5.74, 6) is -1.00. The molecule has 0 aliphatic carbocycles. The molecule has 2 rings (SSSR count). The number of aromatic nitrogens is 2. The summed E-state index contributed by atoms with van der Waals surface area (Å²) in [4.78, 5) is 5.62. The van der Waals surface area contributed by atoms with Crippen LogP contribution in [-0.2, 0) is 6.18 Å². The molecule has 7 heteroatoms. The molecule has 0 aliphatic rings. The Morgan fingerprint density at radius 3 is 2.60 bits per heavy atom. The van der Waals surface area contributed by atoms with Gasteiger partial charge in [0.05, 0.1) is 16.1 Å². The zero-order valence-corrected chi connectivity index (χ0v) is 9.91. The summed E-state index contributed by atoms with van der Waals surface area (Å²) < 4.78 is 37.6. The number of hydrogen-bond donors (Lipinski definition) is 1. The van der Waals surface area contributed by atoms with Gasteiger partial charge in [0, 0.05) is 3.57 Å². The van der Waals surface area contributed by atoms with Gasteiger partial charge in [-0.05, 0) is 34.7 Å². The molecule has 2 nitrogen and oxygen atoms in total. The summed E-state index contributed by atoms with van der Waals surface area (Å²) >= 11 is 7.71. The number of hydrogen-bond acceptors (Lipinski definition) is 1. The second-order valence-corrected chi connectivity index (χ2v) is 4.44. The molecule has 1 aromatic heterocycles. The van der Waals surface area contributed by atoms with Crippen molar-refractivity contribution in [2.24, 2.45) is 0 Å². The zero-order valence-electron chi connectivity index (χ0n) is 6.99. The molecule has 0 saturated carbocycles. The average Bonchev–Trinajstić information content (AvgIpc) is 2.47. The van der Waals surface area contributed by atoms with E-state index in [1.54, 1.807) is 0 Å². The van der Waals surface area contributed by atoms with Crippen LogP contribution in [0.2, 0.25) is 5.02 Å². The van der Waals surface area contributed by atoms with Crippen LogP contribution >= 0.6 is 34.2 Å². The van der Waals surface area contributed by atoms with Gasteiger partial charge in [-0.1, -0.05) is 11.6 Å². The van der Waals surface area contributed by atoms with E-state index in [1.807, 2.05) is 22.6 Å². The van der Waals surface area contributed by atoms with Crippen molar-refractivity contribution in [3.05, 3.63) is 26.5 Å². The van der Waals surface area contributed by atoms with Gasteiger partial charge in [-0.25, -0.2) is 4.98 Å². The molecule has 0 bridgehead atoms. The van der Waals surface area contributed by atoms with Crippen molar-refractivity contribution in [1.29, 1.82) is 0 Å². The van der Waals surface area contributed by atoms with Crippen molar-refractivity contribution in [2.45, 2.75) is 6.18 Å². The fourth-order valence-corrected chi connectivity index (χ4v) is 1.76. The quantitative estimate of drug-likeness (QED) is 0.722. The highest BCUT2D eigenvalue weighted by molar-refractivity contribution is 14.1. The maximum absolute atomic E-state index is 12.3. The van der Waals surface area contributed by atoms with Crippen LogP contribution in [0.1, 0.15) is 5.82 Å². The number of rotatable bonds is 0. The zero-order chi connectivity index (χ0) is 11.2. The first-order valence-electron chi connectivity index (χ1n) is 3.80. The lowest BCUT2D eigenvalue weighted by atomic mass is 10.3. The Morgan fingerprint density at radius 2 is 2.00 bits per heavy atom. The number of nitrogens with one attached hydrogen (secondary N) is 1. The normalized spacial score (nSPS) is 12.3. The van der Waals surface area contributed by atoms with E-state index < -0.39 is 12.0 Å². The molecule has 0 saturated heterocycles. The largest absolute Gasteiger partial charge is 0.449 e. The van der Waals surface area contributed by atoms with Gasteiger partial charge in [0.25, 0.3) is 0 Å². The number of fused-ring (bicyclic) bond motifs is 1. The number of imidazole rings is 1. The smallest absolute Gasteiger partial charge is 0.334 e. The third-order valence-electron chi connectivity index (χ3n) is 1.79. The Balaban J connectivity index is 2.66. The van der Waals surface area contributed by atoms with E-state index in [-0.39, 0.29) is 5.52 Å². The minimum absolute atomic E-state index is 0.216. The van der Waals surface area contributed by atoms with E-state index in [0.29, 0.717) is 14.1 Å². The minimum atomic E-state index is -4.46. The standard InChI is InChI=1S/C8H3ClF3IN2/c9-3-1-5-6(2-4(3)13)15-7(14-5)8(10,11)12/h1-2H,(H,14,15). The first kappa shape index (κ1) is 11.0. The second-order valence-electron chi connectivity index (χ2n) is 2.87. The van der Waals surface area contributed by atoms with Crippen LogP contribution in [0.3, 0.4) is 0 Å². The van der Waals surface area contributed by atoms with Gasteiger partial charge in [0.1, 0.15) is 0 Å². The van der Waals surface area contributed by atoms with Crippen LogP contribution in [0.25, 0.3) is 11.0 Å². The summed E-state index contributed by atoms with van der Waals surface area (Å²) in [6.45, 7) is 0. The molecule has 0 unspecified atom stereocenters. The average molecular weight is 346 g/mol. The van der Waals surface area contributed by atoms with Crippen molar-refractivity contribution in [3.63, 3.8) is 0 Å². The predicted molar refractivity (Wildman–Crippen MR) is 58.8 cm³/mol. The molecule has 1 N–H and O–H groups in total. The third-order valence-corrected chi connectivity index (χ3v) is 3.32. The number of halogens is 5.